The van der Waals surface area contributed by atoms with E-state index in [1.807, 2.05) is 13.2 Å². The van der Waals surface area contributed by atoms with Crippen molar-refractivity contribution in [1.82, 2.24) is 0 Å². The maximum atomic E-state index is 8.89. The van der Waals surface area contributed by atoms with Gasteiger partial charge in [-0.2, -0.15) is 0 Å². The molecule has 0 spiro atoms. The van der Waals surface area contributed by atoms with Crippen molar-refractivity contribution in [2.24, 2.45) is 4.99 Å². The second kappa shape index (κ2) is 5.45. The molecule has 13 heavy (non-hydrogen) atoms. The Labute approximate surface area is 77.2 Å². The van der Waals surface area contributed by atoms with Crippen molar-refractivity contribution in [2.75, 3.05) is 20.2 Å². The monoisotopic (exact) mass is 186 g/mol. The van der Waals surface area contributed by atoms with Gasteiger partial charge in [-0.3, -0.25) is 4.48 Å². The molecule has 1 aliphatic heterocycles. The van der Waals surface area contributed by atoms with Gasteiger partial charge in [0.05, 0.1) is 19.9 Å². The first-order chi connectivity index (χ1) is 6.00. The molecule has 5 nitrogen and oxygen atoms in total. The normalized spacial score (nSPS) is 23.9. The van der Waals surface area contributed by atoms with Crippen molar-refractivity contribution >= 4 is 12.3 Å². The summed E-state index contributed by atoms with van der Waals surface area (Å²) in [4.78, 5) is 12.8. The first kappa shape index (κ1) is 11.8. The van der Waals surface area contributed by atoms with Crippen LogP contribution in [0.15, 0.2) is 17.4 Å². The fraction of sp³-hybridized carbons (Fsp3) is 0.500. The largest absolute Gasteiger partial charge is 0.550 e. The molecular formula is C8H14N2O3. The summed E-state index contributed by atoms with van der Waals surface area (Å²) in [5, 5.41) is 17.5. The number of aliphatic carboxylic acids is 1. The van der Waals surface area contributed by atoms with Gasteiger partial charge in [-0.1, -0.05) is 0 Å². The van der Waals surface area contributed by atoms with Gasteiger partial charge < -0.3 is 15.0 Å². The lowest BCUT2D eigenvalue weighted by Crippen LogP contribution is -2.37. The minimum absolute atomic E-state index is 0.201. The summed E-state index contributed by atoms with van der Waals surface area (Å²) in [5.74, 6) is -1.08. The predicted molar refractivity (Wildman–Crippen MR) is 46.5 cm³/mol. The minimum atomic E-state index is -1.08. The summed E-state index contributed by atoms with van der Waals surface area (Å²) in [5.41, 5.74) is 0. The van der Waals surface area contributed by atoms with Gasteiger partial charge in [-0.25, -0.2) is 4.99 Å². The summed E-state index contributed by atoms with van der Waals surface area (Å²) in [6.07, 6.45) is 5.49. The van der Waals surface area contributed by atoms with Gasteiger partial charge in [0.15, 0.2) is 6.34 Å². The molecule has 0 aromatic rings. The molecule has 0 fully saturated rings. The summed E-state index contributed by atoms with van der Waals surface area (Å²) in [6, 6.07) is 0. The Hall–Kier alpha value is -1.20. The lowest BCUT2D eigenvalue weighted by molar-refractivity contribution is -0.757. The molecule has 0 aliphatic carbocycles. The van der Waals surface area contributed by atoms with E-state index in [0.717, 1.165) is 6.92 Å². The fourth-order valence-corrected chi connectivity index (χ4v) is 0.768. The Kier molecular flexibility index (Phi) is 4.94. The molecule has 0 aromatic carbocycles. The zero-order valence-electron chi connectivity index (χ0n) is 7.80. The highest BCUT2D eigenvalue weighted by molar-refractivity contribution is 5.60. The molecule has 5 heteroatoms. The Morgan fingerprint density at radius 1 is 1.69 bits per heavy atom. The predicted octanol–water partition coefficient (Wildman–Crippen LogP) is -1.31. The maximum absolute atomic E-state index is 8.89. The van der Waals surface area contributed by atoms with E-state index < -0.39 is 5.97 Å². The smallest absolute Gasteiger partial charge is 0.194 e. The SMILES string of the molecule is CC(=O)[O-].C[N+]1(CCO)C=CN=C1. The molecule has 0 aromatic heterocycles. The number of carbonyl (C=O) groups is 1. The molecule has 74 valence electrons. The molecule has 1 aliphatic rings. The van der Waals surface area contributed by atoms with Gasteiger partial charge in [-0.05, 0) is 6.92 Å². The lowest BCUT2D eigenvalue weighted by Gasteiger charge is -2.19. The van der Waals surface area contributed by atoms with Crippen LogP contribution >= 0.6 is 0 Å². The molecule has 1 N–H and O–H groups in total. The van der Waals surface area contributed by atoms with E-state index in [4.69, 9.17) is 15.0 Å². The molecular weight excluding hydrogens is 172 g/mol. The zero-order chi connectivity index (χ0) is 10.3. The van der Waals surface area contributed by atoms with Crippen LogP contribution in [0.5, 0.6) is 0 Å². The van der Waals surface area contributed by atoms with Gasteiger partial charge in [0.25, 0.3) is 0 Å². The van der Waals surface area contributed by atoms with Crippen molar-refractivity contribution in [3.05, 3.63) is 12.4 Å². The number of rotatable bonds is 2. The van der Waals surface area contributed by atoms with Gasteiger partial charge in [0.1, 0.15) is 12.7 Å². The van der Waals surface area contributed by atoms with E-state index in [1.54, 1.807) is 12.5 Å². The van der Waals surface area contributed by atoms with Crippen LogP contribution in [0.3, 0.4) is 0 Å². The Morgan fingerprint density at radius 2 is 2.23 bits per heavy atom. The van der Waals surface area contributed by atoms with E-state index in [9.17, 15) is 0 Å². The van der Waals surface area contributed by atoms with E-state index in [-0.39, 0.29) is 6.61 Å². The second-order valence-corrected chi connectivity index (χ2v) is 2.85. The van der Waals surface area contributed by atoms with Gasteiger partial charge >= 0.3 is 0 Å². The summed E-state index contributed by atoms with van der Waals surface area (Å²) in [7, 11) is 1.99. The van der Waals surface area contributed by atoms with Crippen LogP contribution in [0.4, 0.5) is 0 Å². The van der Waals surface area contributed by atoms with Crippen molar-refractivity contribution in [2.45, 2.75) is 6.92 Å². The Bertz CT molecular complexity index is 207. The maximum Gasteiger partial charge on any atom is 0.194 e. The Morgan fingerprint density at radius 3 is 2.54 bits per heavy atom. The van der Waals surface area contributed by atoms with Crippen LogP contribution in [0.2, 0.25) is 0 Å². The first-order valence-electron chi connectivity index (χ1n) is 3.85. The molecule has 0 amide bonds. The average molecular weight is 186 g/mol. The average Bonchev–Trinajstić information content (AvgIpc) is 2.35. The molecule has 1 rings (SSSR count). The first-order valence-corrected chi connectivity index (χ1v) is 3.85. The number of carbonyl (C=O) groups excluding carboxylic acids is 1. The number of likely N-dealkylation sites (N-methyl/N-ethyl adjacent to an activating group) is 1. The van der Waals surface area contributed by atoms with Crippen LogP contribution in [0.25, 0.3) is 0 Å². The highest BCUT2D eigenvalue weighted by Crippen LogP contribution is 2.04. The molecule has 0 bridgehead atoms. The van der Waals surface area contributed by atoms with Gasteiger partial charge in [-0.15, -0.1) is 0 Å². The number of hydrogen-bond acceptors (Lipinski definition) is 4. The van der Waals surface area contributed by atoms with Crippen LogP contribution < -0.4 is 5.11 Å². The standard InChI is InChI=1S/C6H11N2O.C2H4O2/c1-8(4-5-9)3-2-7-6-8;1-2(3)4/h2-3,6,9H,4-5H2,1H3;1H3,(H,3,4)/q+1;/p-1. The van der Waals surface area contributed by atoms with E-state index in [0.29, 0.717) is 11.0 Å². The van der Waals surface area contributed by atoms with Crippen LogP contribution in [0, 0.1) is 0 Å². The molecule has 0 saturated heterocycles. The molecule has 1 atom stereocenters. The number of aliphatic hydroxyl groups is 1. The zero-order valence-corrected chi connectivity index (χ0v) is 7.80. The number of nitrogens with zero attached hydrogens (tertiary/aromatic N) is 2. The number of aliphatic imine (C=N–C) groups is 1. The van der Waals surface area contributed by atoms with E-state index in [2.05, 4.69) is 4.99 Å². The molecule has 0 radical (unpaired) electrons. The molecule has 1 heterocycles. The Balaban J connectivity index is 0.000000310. The summed E-state index contributed by atoms with van der Waals surface area (Å²) in [6.45, 7) is 1.88. The number of quaternary nitrogens is 1. The number of carboxylic acids is 1. The molecule has 0 saturated carbocycles. The summed E-state index contributed by atoms with van der Waals surface area (Å²) < 4.78 is 0.622. The summed E-state index contributed by atoms with van der Waals surface area (Å²) >= 11 is 0. The van der Waals surface area contributed by atoms with Crippen molar-refractivity contribution in [1.29, 1.82) is 0 Å². The van der Waals surface area contributed by atoms with Gasteiger partial charge in [0.2, 0.25) is 0 Å². The van der Waals surface area contributed by atoms with Crippen LogP contribution in [-0.4, -0.2) is 42.1 Å². The highest BCUT2D eigenvalue weighted by Gasteiger charge is 2.17. The number of hydrogen-bond donors (Lipinski definition) is 1. The van der Waals surface area contributed by atoms with E-state index in [1.165, 1.54) is 0 Å². The number of aliphatic hydroxyl groups excluding tert-OH is 1. The molecule has 1 unspecified atom stereocenters. The second-order valence-electron chi connectivity index (χ2n) is 2.85. The topological polar surface area (TPSA) is 72.7 Å². The third kappa shape index (κ3) is 6.01. The quantitative estimate of drug-likeness (QED) is 0.544. The third-order valence-corrected chi connectivity index (χ3v) is 1.41. The third-order valence-electron chi connectivity index (χ3n) is 1.41. The van der Waals surface area contributed by atoms with Crippen molar-refractivity contribution in [3.63, 3.8) is 0 Å². The van der Waals surface area contributed by atoms with E-state index >= 15 is 0 Å². The van der Waals surface area contributed by atoms with Crippen molar-refractivity contribution < 1.29 is 19.5 Å². The van der Waals surface area contributed by atoms with Crippen LogP contribution in [0.1, 0.15) is 6.92 Å². The minimum Gasteiger partial charge on any atom is -0.550 e. The van der Waals surface area contributed by atoms with Crippen LogP contribution in [-0.2, 0) is 4.79 Å². The van der Waals surface area contributed by atoms with Gasteiger partial charge in [0, 0.05) is 5.97 Å². The highest BCUT2D eigenvalue weighted by atomic mass is 16.4. The van der Waals surface area contributed by atoms with Crippen molar-refractivity contribution in [3.8, 4) is 0 Å². The number of carboxylic acid groups (broad SMARTS) is 1. The lowest BCUT2D eigenvalue weighted by atomic mass is 10.5. The fourth-order valence-electron chi connectivity index (χ4n) is 0.768.